The van der Waals surface area contributed by atoms with Crippen molar-refractivity contribution >= 4 is 10.0 Å². The molecule has 0 bridgehead atoms. The average molecular weight is 313 g/mol. The van der Waals surface area contributed by atoms with Crippen molar-refractivity contribution < 1.29 is 18.3 Å². The predicted molar refractivity (Wildman–Crippen MR) is 80.6 cm³/mol. The number of aliphatic hydroxyl groups excluding tert-OH is 1. The summed E-state index contributed by atoms with van der Waals surface area (Å²) in [6.45, 7) is 4.80. The lowest BCUT2D eigenvalue weighted by atomic mass is 10.1. The van der Waals surface area contributed by atoms with Crippen molar-refractivity contribution in [3.05, 3.63) is 28.8 Å². The normalized spacial score (nSPS) is 15.4. The maximum absolute atomic E-state index is 12.3. The zero-order chi connectivity index (χ0) is 15.5. The second-order valence-electron chi connectivity index (χ2n) is 5.61. The number of hydrogen-bond donors (Lipinski definition) is 2. The molecule has 0 radical (unpaired) electrons. The van der Waals surface area contributed by atoms with Crippen LogP contribution in [-0.2, 0) is 21.4 Å². The summed E-state index contributed by atoms with van der Waals surface area (Å²) in [6, 6.07) is 3.32. The molecule has 0 unspecified atom stereocenters. The lowest BCUT2D eigenvalue weighted by molar-refractivity contribution is 0.129. The van der Waals surface area contributed by atoms with Gasteiger partial charge in [-0.15, -0.1) is 0 Å². The van der Waals surface area contributed by atoms with Gasteiger partial charge in [-0.1, -0.05) is 6.07 Å². The Morgan fingerprint density at radius 1 is 1.33 bits per heavy atom. The minimum atomic E-state index is -3.57. The van der Waals surface area contributed by atoms with Gasteiger partial charge in [0.05, 0.1) is 18.1 Å². The maximum atomic E-state index is 12.3. The molecule has 1 saturated carbocycles. The fraction of sp³-hybridized carbons (Fsp3) is 0.600. The first-order valence-corrected chi connectivity index (χ1v) is 8.70. The van der Waals surface area contributed by atoms with Gasteiger partial charge in [0.1, 0.15) is 0 Å². The van der Waals surface area contributed by atoms with E-state index in [-0.39, 0.29) is 18.0 Å². The molecule has 0 atom stereocenters. The molecule has 2 N–H and O–H groups in total. The van der Waals surface area contributed by atoms with Gasteiger partial charge in [0.15, 0.2) is 0 Å². The quantitative estimate of drug-likeness (QED) is 0.713. The summed E-state index contributed by atoms with van der Waals surface area (Å²) in [7, 11) is -3.57. The monoisotopic (exact) mass is 313 g/mol. The molecular weight excluding hydrogens is 290 g/mol. The zero-order valence-electron chi connectivity index (χ0n) is 12.6. The van der Waals surface area contributed by atoms with E-state index in [1.54, 1.807) is 13.0 Å². The summed E-state index contributed by atoms with van der Waals surface area (Å²) < 4.78 is 32.6. The van der Waals surface area contributed by atoms with Crippen molar-refractivity contribution in [3.8, 4) is 0 Å². The molecule has 118 valence electrons. The largest absolute Gasteiger partial charge is 0.392 e. The minimum Gasteiger partial charge on any atom is -0.392 e. The summed E-state index contributed by atoms with van der Waals surface area (Å²) >= 11 is 0. The summed E-state index contributed by atoms with van der Waals surface area (Å²) in [6.07, 6.45) is 2.44. The molecule has 1 aliphatic carbocycles. The number of hydrogen-bond acceptors (Lipinski definition) is 4. The van der Waals surface area contributed by atoms with Crippen LogP contribution in [0, 0.1) is 19.8 Å². The van der Waals surface area contributed by atoms with Crippen LogP contribution in [-0.4, -0.2) is 33.3 Å². The molecule has 1 aromatic carbocycles. The molecule has 0 saturated heterocycles. The molecule has 6 heteroatoms. The number of ether oxygens (including phenoxy) is 1. The summed E-state index contributed by atoms with van der Waals surface area (Å²) in [5.41, 5.74) is 2.16. The van der Waals surface area contributed by atoms with Crippen molar-refractivity contribution in [2.45, 2.75) is 38.2 Å². The van der Waals surface area contributed by atoms with E-state index in [0.29, 0.717) is 23.7 Å². The van der Waals surface area contributed by atoms with Gasteiger partial charge in [0.25, 0.3) is 0 Å². The molecular formula is C15H23NO4S. The Morgan fingerprint density at radius 2 is 2.05 bits per heavy atom. The lowest BCUT2D eigenvalue weighted by Crippen LogP contribution is -2.28. The lowest BCUT2D eigenvalue weighted by Gasteiger charge is -2.13. The third-order valence-corrected chi connectivity index (χ3v) is 5.33. The van der Waals surface area contributed by atoms with Crippen LogP contribution in [0.1, 0.15) is 29.5 Å². The van der Waals surface area contributed by atoms with Crippen molar-refractivity contribution in [2.24, 2.45) is 5.92 Å². The topological polar surface area (TPSA) is 75.6 Å². The molecule has 0 spiro atoms. The molecule has 0 aliphatic heterocycles. The molecule has 0 heterocycles. The van der Waals surface area contributed by atoms with E-state index < -0.39 is 10.0 Å². The van der Waals surface area contributed by atoms with Crippen LogP contribution in [0.3, 0.4) is 0 Å². The first-order valence-electron chi connectivity index (χ1n) is 7.22. The molecule has 1 aromatic rings. The fourth-order valence-electron chi connectivity index (χ4n) is 2.13. The van der Waals surface area contributed by atoms with E-state index in [2.05, 4.69) is 4.72 Å². The molecule has 1 fully saturated rings. The highest BCUT2D eigenvalue weighted by atomic mass is 32.2. The van der Waals surface area contributed by atoms with Crippen molar-refractivity contribution in [3.63, 3.8) is 0 Å². The highest BCUT2D eigenvalue weighted by Gasteiger charge is 2.21. The second kappa shape index (κ2) is 6.87. The van der Waals surface area contributed by atoms with Crippen LogP contribution in [0.5, 0.6) is 0 Å². The molecule has 5 nitrogen and oxygen atoms in total. The van der Waals surface area contributed by atoms with E-state index >= 15 is 0 Å². The van der Waals surface area contributed by atoms with E-state index in [1.165, 1.54) is 18.9 Å². The van der Waals surface area contributed by atoms with Gasteiger partial charge >= 0.3 is 0 Å². The smallest absolute Gasteiger partial charge is 0.240 e. The number of aliphatic hydroxyl groups is 1. The first kappa shape index (κ1) is 16.4. The number of sulfonamides is 1. The van der Waals surface area contributed by atoms with Crippen LogP contribution in [0.15, 0.2) is 17.0 Å². The number of aryl methyl sites for hydroxylation is 1. The van der Waals surface area contributed by atoms with Gasteiger partial charge in [-0.25, -0.2) is 13.1 Å². The minimum absolute atomic E-state index is 0.172. The zero-order valence-corrected chi connectivity index (χ0v) is 13.4. The Morgan fingerprint density at radius 3 is 2.67 bits per heavy atom. The van der Waals surface area contributed by atoms with Gasteiger partial charge in [0, 0.05) is 13.2 Å². The van der Waals surface area contributed by atoms with E-state index in [4.69, 9.17) is 4.74 Å². The summed E-state index contributed by atoms with van der Waals surface area (Å²) in [5.74, 6) is 0.674. The van der Waals surface area contributed by atoms with Gasteiger partial charge in [0.2, 0.25) is 10.0 Å². The predicted octanol–water partition coefficient (Wildman–Crippen LogP) is 1.50. The van der Waals surface area contributed by atoms with Gasteiger partial charge in [-0.2, -0.15) is 0 Å². The van der Waals surface area contributed by atoms with Crippen LogP contribution < -0.4 is 4.72 Å². The Balaban J connectivity index is 1.98. The van der Waals surface area contributed by atoms with Crippen molar-refractivity contribution in [2.75, 3.05) is 19.8 Å². The molecule has 1 aliphatic rings. The molecule has 21 heavy (non-hydrogen) atoms. The van der Waals surface area contributed by atoms with Crippen LogP contribution in [0.4, 0.5) is 0 Å². The van der Waals surface area contributed by atoms with Crippen LogP contribution in [0.25, 0.3) is 0 Å². The van der Waals surface area contributed by atoms with E-state index in [1.807, 2.05) is 6.92 Å². The molecule has 0 aromatic heterocycles. The van der Waals surface area contributed by atoms with Crippen molar-refractivity contribution in [1.82, 2.24) is 4.72 Å². The van der Waals surface area contributed by atoms with E-state index in [0.717, 1.165) is 12.2 Å². The number of benzene rings is 1. The van der Waals surface area contributed by atoms with Crippen LogP contribution in [0.2, 0.25) is 0 Å². The highest BCUT2D eigenvalue weighted by Crippen LogP contribution is 2.28. The van der Waals surface area contributed by atoms with Gasteiger partial charge < -0.3 is 9.84 Å². The Hall–Kier alpha value is -0.950. The summed E-state index contributed by atoms with van der Waals surface area (Å²) in [4.78, 5) is 0.230. The van der Waals surface area contributed by atoms with Crippen molar-refractivity contribution in [1.29, 1.82) is 0 Å². The fourth-order valence-corrected chi connectivity index (χ4v) is 3.51. The summed E-state index contributed by atoms with van der Waals surface area (Å²) in [5, 5.41) is 9.21. The standard InChI is InChI=1S/C15H23NO4S/c1-11-7-14(9-17)8-15(12(11)2)21(18,19)16-5-6-20-10-13-3-4-13/h7-8,13,16-17H,3-6,9-10H2,1-2H3. The maximum Gasteiger partial charge on any atom is 0.240 e. The van der Waals surface area contributed by atoms with Gasteiger partial charge in [-0.3, -0.25) is 0 Å². The Bertz CT molecular complexity index is 594. The number of rotatable bonds is 8. The Kier molecular flexibility index (Phi) is 5.37. The third kappa shape index (κ3) is 4.51. The average Bonchev–Trinajstić information content (AvgIpc) is 3.25. The highest BCUT2D eigenvalue weighted by molar-refractivity contribution is 7.89. The number of nitrogens with one attached hydrogen (secondary N) is 1. The molecule has 0 amide bonds. The second-order valence-corrected chi connectivity index (χ2v) is 7.35. The molecule has 2 rings (SSSR count). The first-order chi connectivity index (χ1) is 9.94. The van der Waals surface area contributed by atoms with E-state index in [9.17, 15) is 13.5 Å². The van der Waals surface area contributed by atoms with Gasteiger partial charge in [-0.05, 0) is 55.4 Å². The SMILES string of the molecule is Cc1cc(CO)cc(S(=O)(=O)NCCOCC2CC2)c1C. The Labute approximate surface area is 126 Å². The van der Waals surface area contributed by atoms with Crippen LogP contribution >= 0.6 is 0 Å². The third-order valence-electron chi connectivity index (χ3n) is 3.74.